The van der Waals surface area contributed by atoms with E-state index in [9.17, 15) is 0 Å². The van der Waals surface area contributed by atoms with Gasteiger partial charge >= 0.3 is 0 Å². The summed E-state index contributed by atoms with van der Waals surface area (Å²) >= 11 is 0. The van der Waals surface area contributed by atoms with Crippen LogP contribution in [-0.2, 0) is 0 Å². The van der Waals surface area contributed by atoms with Crippen molar-refractivity contribution >= 4 is 12.6 Å². The Morgan fingerprint density at radius 1 is 1.42 bits per heavy atom. The molecular formula is C9H19N3. The molecule has 0 heterocycles. The maximum Gasteiger partial charge on any atom is 0.113 e. The summed E-state index contributed by atoms with van der Waals surface area (Å²) in [5.74, 6) is 0.474. The Morgan fingerprint density at radius 2 is 2.08 bits per heavy atom. The van der Waals surface area contributed by atoms with Gasteiger partial charge in [0, 0.05) is 13.3 Å². The van der Waals surface area contributed by atoms with Gasteiger partial charge in [0.25, 0.3) is 0 Å². The molecule has 0 aromatic carbocycles. The molecule has 0 fully saturated rings. The molecule has 0 spiro atoms. The fourth-order valence-electron chi connectivity index (χ4n) is 1.03. The second-order valence-electron chi connectivity index (χ2n) is 2.91. The molecule has 0 unspecified atom stereocenters. The quantitative estimate of drug-likeness (QED) is 0.282. The van der Waals surface area contributed by atoms with Crippen molar-refractivity contribution in [2.45, 2.75) is 39.5 Å². The highest BCUT2D eigenvalue weighted by Crippen LogP contribution is 2.01. The Bertz CT molecular complexity index is 143. The standard InChI is InChI=1S/C9H19N3/c1-4-5-6-7-8-12(11-3)9(2)10/h10H,3-8H2,1-2H3. The summed E-state index contributed by atoms with van der Waals surface area (Å²) in [5.41, 5.74) is 0. The molecule has 0 aliphatic rings. The maximum absolute atomic E-state index is 7.32. The van der Waals surface area contributed by atoms with Crippen LogP contribution in [0.25, 0.3) is 0 Å². The first kappa shape index (κ1) is 11.1. The van der Waals surface area contributed by atoms with Crippen LogP contribution in [0, 0.1) is 5.41 Å². The number of nitrogens with one attached hydrogen (secondary N) is 1. The van der Waals surface area contributed by atoms with E-state index in [1.807, 2.05) is 0 Å². The van der Waals surface area contributed by atoms with E-state index in [-0.39, 0.29) is 0 Å². The van der Waals surface area contributed by atoms with E-state index in [0.717, 1.165) is 13.0 Å². The van der Waals surface area contributed by atoms with Crippen molar-refractivity contribution in [3.05, 3.63) is 0 Å². The number of hydrazone groups is 1. The molecule has 0 bridgehead atoms. The van der Waals surface area contributed by atoms with Crippen LogP contribution in [0.3, 0.4) is 0 Å². The average molecular weight is 169 g/mol. The molecule has 0 saturated heterocycles. The van der Waals surface area contributed by atoms with Crippen LogP contribution in [0.15, 0.2) is 5.10 Å². The topological polar surface area (TPSA) is 39.5 Å². The Labute approximate surface area is 75.0 Å². The lowest BCUT2D eigenvalue weighted by molar-refractivity contribution is 0.421. The van der Waals surface area contributed by atoms with Crippen molar-refractivity contribution in [1.29, 1.82) is 5.41 Å². The normalized spacial score (nSPS) is 9.50. The van der Waals surface area contributed by atoms with Crippen molar-refractivity contribution in [2.75, 3.05) is 6.54 Å². The van der Waals surface area contributed by atoms with Crippen molar-refractivity contribution in [1.82, 2.24) is 5.01 Å². The highest BCUT2D eigenvalue weighted by atomic mass is 15.5. The van der Waals surface area contributed by atoms with E-state index in [1.54, 1.807) is 11.9 Å². The molecule has 0 aliphatic heterocycles. The third-order valence-electron chi connectivity index (χ3n) is 1.78. The van der Waals surface area contributed by atoms with Gasteiger partial charge in [0.1, 0.15) is 5.84 Å². The molecular weight excluding hydrogens is 150 g/mol. The molecule has 12 heavy (non-hydrogen) atoms. The largest absolute Gasteiger partial charge is 0.287 e. The summed E-state index contributed by atoms with van der Waals surface area (Å²) in [7, 11) is 0. The number of rotatable bonds is 6. The molecule has 1 N–H and O–H groups in total. The molecule has 0 aromatic rings. The van der Waals surface area contributed by atoms with Crippen LogP contribution in [0.5, 0.6) is 0 Å². The maximum atomic E-state index is 7.32. The minimum Gasteiger partial charge on any atom is -0.287 e. The van der Waals surface area contributed by atoms with Crippen LogP contribution in [0.2, 0.25) is 0 Å². The predicted molar refractivity (Wildman–Crippen MR) is 53.8 cm³/mol. The predicted octanol–water partition coefficient (Wildman–Crippen LogP) is 2.48. The van der Waals surface area contributed by atoms with Gasteiger partial charge in [-0.15, -0.1) is 0 Å². The lowest BCUT2D eigenvalue weighted by Gasteiger charge is -2.15. The second-order valence-corrected chi connectivity index (χ2v) is 2.91. The molecule has 0 amide bonds. The SMILES string of the molecule is C=NN(CCCCCC)C(C)=N. The first-order valence-electron chi connectivity index (χ1n) is 4.51. The number of nitrogens with zero attached hydrogens (tertiary/aromatic N) is 2. The van der Waals surface area contributed by atoms with E-state index in [2.05, 4.69) is 18.7 Å². The van der Waals surface area contributed by atoms with Crippen LogP contribution in [0.4, 0.5) is 0 Å². The molecule has 3 nitrogen and oxygen atoms in total. The van der Waals surface area contributed by atoms with Crippen LogP contribution < -0.4 is 0 Å². The van der Waals surface area contributed by atoms with Gasteiger partial charge in [-0.05, 0) is 13.3 Å². The van der Waals surface area contributed by atoms with Crippen molar-refractivity contribution in [3.63, 3.8) is 0 Å². The summed E-state index contributed by atoms with van der Waals surface area (Å²) in [6, 6.07) is 0. The zero-order chi connectivity index (χ0) is 9.40. The van der Waals surface area contributed by atoms with Gasteiger partial charge in [0.05, 0.1) is 0 Å². The highest BCUT2D eigenvalue weighted by Gasteiger charge is 2.00. The molecule has 70 valence electrons. The molecule has 0 atom stereocenters. The van der Waals surface area contributed by atoms with E-state index in [0.29, 0.717) is 5.84 Å². The smallest absolute Gasteiger partial charge is 0.113 e. The molecule has 0 rings (SSSR count). The van der Waals surface area contributed by atoms with Crippen molar-refractivity contribution in [2.24, 2.45) is 5.10 Å². The first-order valence-corrected chi connectivity index (χ1v) is 4.51. The summed E-state index contributed by atoms with van der Waals surface area (Å²) < 4.78 is 0. The van der Waals surface area contributed by atoms with Crippen molar-refractivity contribution in [3.8, 4) is 0 Å². The Hall–Kier alpha value is -0.860. The molecule has 0 radical (unpaired) electrons. The van der Waals surface area contributed by atoms with Gasteiger partial charge in [0.15, 0.2) is 0 Å². The van der Waals surface area contributed by atoms with Gasteiger partial charge in [-0.2, -0.15) is 5.10 Å². The molecule has 3 heteroatoms. The van der Waals surface area contributed by atoms with Crippen LogP contribution in [0.1, 0.15) is 39.5 Å². The molecule has 0 aliphatic carbocycles. The zero-order valence-electron chi connectivity index (χ0n) is 8.14. The third kappa shape index (κ3) is 4.88. The van der Waals surface area contributed by atoms with E-state index < -0.39 is 0 Å². The summed E-state index contributed by atoms with van der Waals surface area (Å²) in [4.78, 5) is 0. The van der Waals surface area contributed by atoms with Crippen molar-refractivity contribution < 1.29 is 0 Å². The lowest BCUT2D eigenvalue weighted by Crippen LogP contribution is -2.22. The Morgan fingerprint density at radius 3 is 2.50 bits per heavy atom. The minimum absolute atomic E-state index is 0.474. The number of unbranched alkanes of at least 4 members (excludes halogenated alkanes) is 3. The minimum atomic E-state index is 0.474. The van der Waals surface area contributed by atoms with E-state index >= 15 is 0 Å². The Balaban J connectivity index is 3.45. The number of amidine groups is 1. The van der Waals surface area contributed by atoms with E-state index in [4.69, 9.17) is 5.41 Å². The monoisotopic (exact) mass is 169 g/mol. The molecule has 0 aromatic heterocycles. The average Bonchev–Trinajstić information content (AvgIpc) is 2.04. The fourth-order valence-corrected chi connectivity index (χ4v) is 1.03. The van der Waals surface area contributed by atoms with Gasteiger partial charge in [-0.1, -0.05) is 26.2 Å². The summed E-state index contributed by atoms with van der Waals surface area (Å²) in [6.07, 6.45) is 4.83. The number of hydrogen-bond donors (Lipinski definition) is 1. The third-order valence-corrected chi connectivity index (χ3v) is 1.78. The van der Waals surface area contributed by atoms with Crippen LogP contribution >= 0.6 is 0 Å². The van der Waals surface area contributed by atoms with Gasteiger partial charge in [0.2, 0.25) is 0 Å². The first-order chi connectivity index (χ1) is 5.72. The van der Waals surface area contributed by atoms with Gasteiger partial charge in [-0.25, -0.2) is 0 Å². The highest BCUT2D eigenvalue weighted by molar-refractivity contribution is 5.76. The number of hydrogen-bond acceptors (Lipinski definition) is 2. The summed E-state index contributed by atoms with van der Waals surface area (Å²) in [6.45, 7) is 8.16. The zero-order valence-corrected chi connectivity index (χ0v) is 8.14. The molecule has 0 saturated carbocycles. The van der Waals surface area contributed by atoms with E-state index in [1.165, 1.54) is 19.3 Å². The summed E-state index contributed by atoms with van der Waals surface area (Å²) in [5, 5.41) is 12.7. The lowest BCUT2D eigenvalue weighted by atomic mass is 10.2. The Kier molecular flexibility index (Phi) is 6.34. The van der Waals surface area contributed by atoms with Crippen LogP contribution in [-0.4, -0.2) is 24.1 Å². The fraction of sp³-hybridized carbons (Fsp3) is 0.778. The van der Waals surface area contributed by atoms with Gasteiger partial charge < -0.3 is 0 Å². The second kappa shape index (κ2) is 6.83. The van der Waals surface area contributed by atoms with Gasteiger partial charge in [-0.3, -0.25) is 10.4 Å².